The van der Waals surface area contributed by atoms with Gasteiger partial charge in [-0.25, -0.2) is 13.4 Å². The van der Waals surface area contributed by atoms with Gasteiger partial charge >= 0.3 is 0 Å². The highest BCUT2D eigenvalue weighted by Gasteiger charge is 2.25. The fourth-order valence-electron chi connectivity index (χ4n) is 4.03. The highest BCUT2D eigenvalue weighted by molar-refractivity contribution is 7.89. The second-order valence-corrected chi connectivity index (χ2v) is 10.3. The average Bonchev–Trinajstić information content (AvgIpc) is 2.84. The van der Waals surface area contributed by atoms with Crippen LogP contribution in [0, 0.1) is 13.8 Å². The largest absolute Gasteiger partial charge is 0.493 e. The minimum atomic E-state index is -3.93. The Morgan fingerprint density at radius 1 is 0.943 bits per heavy atom. The maximum Gasteiger partial charge on any atom is 0.266 e. The predicted molar refractivity (Wildman–Crippen MR) is 135 cm³/mol. The molecule has 8 nitrogen and oxygen atoms in total. The molecule has 9 heteroatoms. The van der Waals surface area contributed by atoms with Gasteiger partial charge in [0.25, 0.3) is 5.56 Å². The van der Waals surface area contributed by atoms with E-state index in [1.54, 1.807) is 30.3 Å². The molecule has 1 aromatic heterocycles. The maximum absolute atomic E-state index is 13.6. The number of sulfonamides is 1. The zero-order valence-electron chi connectivity index (χ0n) is 20.3. The Morgan fingerprint density at radius 3 is 2.34 bits per heavy atom. The molecule has 0 radical (unpaired) electrons. The van der Waals surface area contributed by atoms with E-state index in [0.717, 1.165) is 11.1 Å². The van der Waals surface area contributed by atoms with Gasteiger partial charge in [-0.05, 0) is 49.7 Å². The highest BCUT2D eigenvalue weighted by Crippen LogP contribution is 2.31. The van der Waals surface area contributed by atoms with Crippen LogP contribution in [-0.2, 0) is 16.6 Å². The molecular weight excluding hydrogens is 466 g/mol. The van der Waals surface area contributed by atoms with Crippen molar-refractivity contribution in [2.75, 3.05) is 21.3 Å². The van der Waals surface area contributed by atoms with E-state index in [-0.39, 0.29) is 17.0 Å². The Morgan fingerprint density at radius 2 is 1.66 bits per heavy atom. The van der Waals surface area contributed by atoms with Crippen molar-refractivity contribution < 1.29 is 17.9 Å². The summed E-state index contributed by atoms with van der Waals surface area (Å²) in [4.78, 5) is 18.3. The average molecular weight is 494 g/mol. The smallest absolute Gasteiger partial charge is 0.266 e. The molecular formula is C26H27N3O5S. The quantitative estimate of drug-likeness (QED) is 0.389. The molecule has 182 valence electrons. The SMILES string of the molecule is COc1ccc(S(=O)(=O)N(C)Cc2nc3ccccc3c(=O)n2-c2ccc(C)cc2C)cc1OC. The van der Waals surface area contributed by atoms with E-state index in [0.29, 0.717) is 33.9 Å². The first kappa shape index (κ1) is 24.4. The fourth-order valence-corrected chi connectivity index (χ4v) is 5.17. The first-order chi connectivity index (χ1) is 16.7. The van der Waals surface area contributed by atoms with Gasteiger partial charge in [-0.2, -0.15) is 4.31 Å². The highest BCUT2D eigenvalue weighted by atomic mass is 32.2. The summed E-state index contributed by atoms with van der Waals surface area (Å²) in [5.74, 6) is 1.04. The van der Waals surface area contributed by atoms with Crippen LogP contribution in [0.15, 0.2) is 70.4 Å². The zero-order chi connectivity index (χ0) is 25.3. The van der Waals surface area contributed by atoms with E-state index >= 15 is 0 Å². The van der Waals surface area contributed by atoms with Gasteiger partial charge in [0, 0.05) is 13.1 Å². The van der Waals surface area contributed by atoms with Crippen molar-refractivity contribution >= 4 is 20.9 Å². The predicted octanol–water partition coefficient (Wildman–Crippen LogP) is 3.84. The van der Waals surface area contributed by atoms with Crippen molar-refractivity contribution in [1.29, 1.82) is 0 Å². The lowest BCUT2D eigenvalue weighted by atomic mass is 10.1. The normalized spacial score (nSPS) is 11.7. The van der Waals surface area contributed by atoms with Crippen molar-refractivity contribution in [1.82, 2.24) is 13.9 Å². The van der Waals surface area contributed by atoms with Crippen LogP contribution in [0.2, 0.25) is 0 Å². The lowest BCUT2D eigenvalue weighted by Crippen LogP contribution is -2.32. The van der Waals surface area contributed by atoms with Gasteiger partial charge in [0.2, 0.25) is 10.0 Å². The number of nitrogens with zero attached hydrogens (tertiary/aromatic N) is 3. The van der Waals surface area contributed by atoms with E-state index in [1.807, 2.05) is 32.0 Å². The lowest BCUT2D eigenvalue weighted by Gasteiger charge is -2.21. The minimum absolute atomic E-state index is 0.0406. The van der Waals surface area contributed by atoms with Gasteiger partial charge in [0.05, 0.1) is 42.3 Å². The molecule has 4 rings (SSSR count). The van der Waals surface area contributed by atoms with E-state index in [4.69, 9.17) is 14.5 Å². The number of benzene rings is 3. The number of hydrogen-bond acceptors (Lipinski definition) is 6. The monoisotopic (exact) mass is 493 g/mol. The van der Waals surface area contributed by atoms with Crippen molar-refractivity contribution in [3.05, 3.63) is 88.0 Å². The molecule has 0 aliphatic rings. The summed E-state index contributed by atoms with van der Waals surface area (Å²) in [5, 5.41) is 0.460. The number of ether oxygens (including phenoxy) is 2. The van der Waals surface area contributed by atoms with Crippen LogP contribution in [0.4, 0.5) is 0 Å². The molecule has 0 saturated carbocycles. The molecule has 0 spiro atoms. The van der Waals surface area contributed by atoms with Crippen LogP contribution in [0.3, 0.4) is 0 Å². The van der Waals surface area contributed by atoms with Crippen molar-refractivity contribution in [2.45, 2.75) is 25.3 Å². The molecule has 0 amide bonds. The molecule has 0 atom stereocenters. The number of hydrogen-bond donors (Lipinski definition) is 0. The van der Waals surface area contributed by atoms with Gasteiger partial charge < -0.3 is 9.47 Å². The van der Waals surface area contributed by atoms with Crippen LogP contribution in [-0.4, -0.2) is 43.5 Å². The van der Waals surface area contributed by atoms with E-state index in [1.165, 1.54) is 42.3 Å². The summed E-state index contributed by atoms with van der Waals surface area (Å²) >= 11 is 0. The van der Waals surface area contributed by atoms with Crippen molar-refractivity contribution in [3.63, 3.8) is 0 Å². The van der Waals surface area contributed by atoms with E-state index in [2.05, 4.69) is 0 Å². The third-order valence-corrected chi connectivity index (χ3v) is 7.67. The van der Waals surface area contributed by atoms with Crippen LogP contribution < -0.4 is 15.0 Å². The Balaban J connectivity index is 1.85. The summed E-state index contributed by atoms with van der Waals surface area (Å²) in [6, 6.07) is 17.2. The molecule has 3 aromatic carbocycles. The van der Waals surface area contributed by atoms with Crippen LogP contribution in [0.25, 0.3) is 16.6 Å². The molecule has 0 aliphatic heterocycles. The molecule has 0 aliphatic carbocycles. The van der Waals surface area contributed by atoms with E-state index in [9.17, 15) is 13.2 Å². The summed E-state index contributed by atoms with van der Waals surface area (Å²) in [5.41, 5.74) is 2.85. The zero-order valence-corrected chi connectivity index (χ0v) is 21.1. The van der Waals surface area contributed by atoms with Gasteiger partial charge in [-0.1, -0.05) is 29.8 Å². The molecule has 0 unspecified atom stereocenters. The molecule has 35 heavy (non-hydrogen) atoms. The van der Waals surface area contributed by atoms with Gasteiger partial charge in [0.15, 0.2) is 11.5 Å². The number of para-hydroxylation sites is 1. The molecule has 0 bridgehead atoms. The Bertz CT molecular complexity index is 1580. The number of rotatable bonds is 7. The second kappa shape index (κ2) is 9.52. The van der Waals surface area contributed by atoms with Gasteiger partial charge in [-0.15, -0.1) is 0 Å². The molecule has 0 N–H and O–H groups in total. The molecule has 0 fully saturated rings. The first-order valence-corrected chi connectivity index (χ1v) is 12.4. The number of aromatic nitrogens is 2. The van der Waals surface area contributed by atoms with Crippen LogP contribution in [0.5, 0.6) is 11.5 Å². The number of fused-ring (bicyclic) bond motifs is 1. The first-order valence-electron chi connectivity index (χ1n) is 10.9. The third-order valence-electron chi connectivity index (χ3n) is 5.87. The fraction of sp³-hybridized carbons (Fsp3) is 0.231. The van der Waals surface area contributed by atoms with Crippen molar-refractivity contribution in [2.24, 2.45) is 0 Å². The van der Waals surface area contributed by atoms with Gasteiger partial charge in [0.1, 0.15) is 5.82 Å². The summed E-state index contributed by atoms with van der Waals surface area (Å²) in [6.07, 6.45) is 0. The standard InChI is InChI=1S/C26H27N3O5S/c1-17-10-12-22(18(2)14-17)29-25(27-21-9-7-6-8-20(21)26(29)30)16-28(3)35(31,32)19-11-13-23(33-4)24(15-19)34-5/h6-15H,16H2,1-5H3. The van der Waals surface area contributed by atoms with Crippen molar-refractivity contribution in [3.8, 4) is 17.2 Å². The Kier molecular flexibility index (Phi) is 6.64. The topological polar surface area (TPSA) is 90.7 Å². The van der Waals surface area contributed by atoms with E-state index < -0.39 is 10.0 Å². The summed E-state index contributed by atoms with van der Waals surface area (Å²) in [6.45, 7) is 3.77. The lowest BCUT2D eigenvalue weighted by molar-refractivity contribution is 0.353. The Labute approximate surface area is 204 Å². The Hall–Kier alpha value is -3.69. The second-order valence-electron chi connectivity index (χ2n) is 8.25. The molecule has 1 heterocycles. The molecule has 4 aromatic rings. The van der Waals surface area contributed by atoms with Gasteiger partial charge in [-0.3, -0.25) is 9.36 Å². The maximum atomic E-state index is 13.6. The van der Waals surface area contributed by atoms with Crippen LogP contribution in [0.1, 0.15) is 17.0 Å². The third kappa shape index (κ3) is 4.52. The molecule has 0 saturated heterocycles. The minimum Gasteiger partial charge on any atom is -0.493 e. The van der Waals surface area contributed by atoms with Crippen LogP contribution >= 0.6 is 0 Å². The number of aryl methyl sites for hydroxylation is 2. The number of methoxy groups -OCH3 is 2. The summed E-state index contributed by atoms with van der Waals surface area (Å²) in [7, 11) is 0.450. The summed E-state index contributed by atoms with van der Waals surface area (Å²) < 4.78 is 40.0.